The molecule has 0 saturated carbocycles. The van der Waals surface area contributed by atoms with Crippen molar-refractivity contribution in [3.63, 3.8) is 0 Å². The third-order valence-electron chi connectivity index (χ3n) is 4.76. The van der Waals surface area contributed by atoms with Gasteiger partial charge in [0.15, 0.2) is 0 Å². The molecule has 0 aliphatic carbocycles. The van der Waals surface area contributed by atoms with Crippen molar-refractivity contribution in [3.8, 4) is 0 Å². The van der Waals surface area contributed by atoms with E-state index < -0.39 is 5.97 Å². The number of benzene rings is 1. The second-order valence-corrected chi connectivity index (χ2v) is 6.72. The molecule has 142 valence electrons. The quantitative estimate of drug-likeness (QED) is 0.732. The number of anilines is 1. The second kappa shape index (κ2) is 9.36. The van der Waals surface area contributed by atoms with Crippen LogP contribution in [0.3, 0.4) is 0 Å². The maximum absolute atomic E-state index is 12.5. The van der Waals surface area contributed by atoms with Gasteiger partial charge in [0.2, 0.25) is 11.8 Å². The lowest BCUT2D eigenvalue weighted by atomic mass is 9.99. The highest BCUT2D eigenvalue weighted by Gasteiger charge is 2.24. The van der Waals surface area contributed by atoms with Crippen LogP contribution in [0.2, 0.25) is 0 Å². The third-order valence-corrected chi connectivity index (χ3v) is 4.76. The topological polar surface area (TPSA) is 66.9 Å². The summed E-state index contributed by atoms with van der Waals surface area (Å²) in [5.74, 6) is 0.0356. The Morgan fingerprint density at radius 2 is 1.85 bits per heavy atom. The maximum Gasteiger partial charge on any atom is 0.340 e. The van der Waals surface area contributed by atoms with E-state index in [4.69, 9.17) is 4.74 Å². The highest BCUT2D eigenvalue weighted by molar-refractivity contribution is 6.02. The molecule has 1 aliphatic rings. The molecule has 0 aromatic heterocycles. The summed E-state index contributed by atoms with van der Waals surface area (Å²) >= 11 is 0. The van der Waals surface area contributed by atoms with Gasteiger partial charge >= 0.3 is 5.97 Å². The van der Waals surface area contributed by atoms with Crippen LogP contribution in [-0.4, -0.2) is 48.9 Å². The number of esters is 1. The minimum absolute atomic E-state index is 0.0526. The van der Waals surface area contributed by atoms with Crippen molar-refractivity contribution in [1.82, 2.24) is 4.90 Å². The predicted molar refractivity (Wildman–Crippen MR) is 100 cm³/mol. The number of rotatable bonds is 6. The number of nitrogens with zero attached hydrogens (tertiary/aromatic N) is 2. The van der Waals surface area contributed by atoms with E-state index in [0.717, 1.165) is 25.9 Å². The number of hydrogen-bond acceptors (Lipinski definition) is 4. The van der Waals surface area contributed by atoms with E-state index in [1.54, 1.807) is 31.2 Å². The maximum atomic E-state index is 12.5. The first-order chi connectivity index (χ1) is 12.4. The Kier molecular flexibility index (Phi) is 7.18. The van der Waals surface area contributed by atoms with Crippen LogP contribution in [0.25, 0.3) is 0 Å². The Labute approximate surface area is 155 Å². The molecule has 1 aromatic carbocycles. The first kappa shape index (κ1) is 19.9. The average Bonchev–Trinajstić information content (AvgIpc) is 2.62. The Morgan fingerprint density at radius 3 is 2.46 bits per heavy atom. The monoisotopic (exact) mass is 360 g/mol. The molecule has 2 rings (SSSR count). The van der Waals surface area contributed by atoms with Crippen LogP contribution in [0.4, 0.5) is 5.69 Å². The third kappa shape index (κ3) is 5.07. The lowest BCUT2D eigenvalue weighted by Crippen LogP contribution is -2.40. The number of carbonyl (C=O) groups excluding carboxylic acids is 3. The zero-order chi connectivity index (χ0) is 19.1. The predicted octanol–water partition coefficient (Wildman–Crippen LogP) is 2.86. The van der Waals surface area contributed by atoms with Crippen LogP contribution in [0.1, 0.15) is 50.4 Å². The first-order valence-corrected chi connectivity index (χ1v) is 9.26. The molecule has 6 nitrogen and oxygen atoms in total. The first-order valence-electron chi connectivity index (χ1n) is 9.26. The van der Waals surface area contributed by atoms with Gasteiger partial charge in [0, 0.05) is 33.0 Å². The zero-order valence-corrected chi connectivity index (χ0v) is 15.9. The highest BCUT2D eigenvalue weighted by Crippen LogP contribution is 2.23. The number of amides is 2. The number of carbonyl (C=O) groups is 3. The lowest BCUT2D eigenvalue weighted by molar-refractivity contribution is -0.132. The molecular weight excluding hydrogens is 332 g/mol. The minimum Gasteiger partial charge on any atom is -0.462 e. The summed E-state index contributed by atoms with van der Waals surface area (Å²) in [7, 11) is 0. The van der Waals surface area contributed by atoms with Crippen molar-refractivity contribution in [2.24, 2.45) is 5.92 Å². The molecule has 1 heterocycles. The van der Waals surface area contributed by atoms with Gasteiger partial charge in [0.05, 0.1) is 17.9 Å². The number of para-hydroxylation sites is 1. The molecule has 1 aliphatic heterocycles. The van der Waals surface area contributed by atoms with E-state index in [1.807, 2.05) is 4.90 Å². The van der Waals surface area contributed by atoms with Gasteiger partial charge < -0.3 is 14.5 Å². The van der Waals surface area contributed by atoms with Crippen molar-refractivity contribution < 1.29 is 19.1 Å². The van der Waals surface area contributed by atoms with Crippen LogP contribution >= 0.6 is 0 Å². The van der Waals surface area contributed by atoms with E-state index in [-0.39, 0.29) is 31.4 Å². The average molecular weight is 360 g/mol. The van der Waals surface area contributed by atoms with Crippen molar-refractivity contribution in [3.05, 3.63) is 29.8 Å². The van der Waals surface area contributed by atoms with Crippen LogP contribution in [-0.2, 0) is 14.3 Å². The zero-order valence-electron chi connectivity index (χ0n) is 15.9. The van der Waals surface area contributed by atoms with Crippen LogP contribution < -0.4 is 4.90 Å². The molecule has 26 heavy (non-hydrogen) atoms. The van der Waals surface area contributed by atoms with Gasteiger partial charge in [0.25, 0.3) is 0 Å². The van der Waals surface area contributed by atoms with E-state index in [9.17, 15) is 14.4 Å². The van der Waals surface area contributed by atoms with Crippen molar-refractivity contribution in [2.45, 2.75) is 40.0 Å². The Balaban J connectivity index is 2.09. The van der Waals surface area contributed by atoms with Crippen LogP contribution in [0, 0.1) is 5.92 Å². The van der Waals surface area contributed by atoms with E-state index in [1.165, 1.54) is 11.8 Å². The van der Waals surface area contributed by atoms with Gasteiger partial charge in [-0.3, -0.25) is 9.59 Å². The van der Waals surface area contributed by atoms with E-state index in [0.29, 0.717) is 17.2 Å². The fourth-order valence-electron chi connectivity index (χ4n) is 3.16. The van der Waals surface area contributed by atoms with E-state index in [2.05, 4.69) is 6.92 Å². The summed E-state index contributed by atoms with van der Waals surface area (Å²) in [5.41, 5.74) is 0.822. The molecule has 0 unspecified atom stereocenters. The molecule has 1 fully saturated rings. The Morgan fingerprint density at radius 1 is 1.19 bits per heavy atom. The van der Waals surface area contributed by atoms with Crippen LogP contribution in [0.15, 0.2) is 24.3 Å². The summed E-state index contributed by atoms with van der Waals surface area (Å²) in [6, 6.07) is 6.84. The number of likely N-dealkylation sites (tertiary alicyclic amines) is 1. The van der Waals surface area contributed by atoms with Gasteiger partial charge in [0.1, 0.15) is 0 Å². The Hall–Kier alpha value is -2.37. The summed E-state index contributed by atoms with van der Waals surface area (Å²) in [6.07, 6.45) is 2.28. The molecule has 0 radical (unpaired) electrons. The molecule has 1 saturated heterocycles. The smallest absolute Gasteiger partial charge is 0.340 e. The molecule has 6 heteroatoms. The molecular formula is C20H28N2O4. The largest absolute Gasteiger partial charge is 0.462 e. The van der Waals surface area contributed by atoms with Gasteiger partial charge in [-0.1, -0.05) is 19.1 Å². The second-order valence-electron chi connectivity index (χ2n) is 6.72. The van der Waals surface area contributed by atoms with Crippen molar-refractivity contribution >= 4 is 23.5 Å². The summed E-state index contributed by atoms with van der Waals surface area (Å²) in [4.78, 5) is 40.2. The molecule has 0 bridgehead atoms. The SMILES string of the molecule is CCOC(=O)c1ccccc1N(CCC(=O)N1CCC(C)CC1)C(C)=O. The van der Waals surface area contributed by atoms with Crippen LogP contribution in [0.5, 0.6) is 0 Å². The fraction of sp³-hybridized carbons (Fsp3) is 0.550. The van der Waals surface area contributed by atoms with Crippen molar-refractivity contribution in [2.75, 3.05) is 31.1 Å². The van der Waals surface area contributed by atoms with Gasteiger partial charge in [-0.15, -0.1) is 0 Å². The number of hydrogen-bond donors (Lipinski definition) is 0. The number of piperidine rings is 1. The molecule has 0 spiro atoms. The Bertz CT molecular complexity index is 651. The summed E-state index contributed by atoms with van der Waals surface area (Å²) < 4.78 is 5.08. The summed E-state index contributed by atoms with van der Waals surface area (Å²) in [6.45, 7) is 7.44. The van der Waals surface area contributed by atoms with Gasteiger partial charge in [-0.25, -0.2) is 4.79 Å². The molecule has 0 atom stereocenters. The normalized spacial score (nSPS) is 14.8. The van der Waals surface area contributed by atoms with Gasteiger partial charge in [-0.05, 0) is 37.8 Å². The number of ether oxygens (including phenoxy) is 1. The highest BCUT2D eigenvalue weighted by atomic mass is 16.5. The fourth-order valence-corrected chi connectivity index (χ4v) is 3.16. The summed E-state index contributed by atoms with van der Waals surface area (Å²) in [5, 5.41) is 0. The molecule has 1 aromatic rings. The molecule has 0 N–H and O–H groups in total. The minimum atomic E-state index is -0.467. The molecule has 2 amide bonds. The van der Waals surface area contributed by atoms with Crippen molar-refractivity contribution in [1.29, 1.82) is 0 Å². The standard InChI is InChI=1S/C20H28N2O4/c1-4-26-20(25)17-7-5-6-8-18(17)22(16(3)23)14-11-19(24)21-12-9-15(2)10-13-21/h5-8,15H,4,9-14H2,1-3H3. The lowest BCUT2D eigenvalue weighted by Gasteiger charge is -2.31. The van der Waals surface area contributed by atoms with E-state index >= 15 is 0 Å². The van der Waals surface area contributed by atoms with Gasteiger partial charge in [-0.2, -0.15) is 0 Å².